The van der Waals surface area contributed by atoms with E-state index in [9.17, 15) is 4.79 Å². The number of rotatable bonds is 1. The summed E-state index contributed by atoms with van der Waals surface area (Å²) in [5, 5.41) is 8.42. The fourth-order valence-electron chi connectivity index (χ4n) is 0.321. The third-order valence-electron chi connectivity index (χ3n) is 1.16. The van der Waals surface area contributed by atoms with Crippen LogP contribution in [-0.4, -0.2) is 11.1 Å². The Morgan fingerprint density at radius 2 is 1.78 bits per heavy atom. The summed E-state index contributed by atoms with van der Waals surface area (Å²) in [6.45, 7) is 8.89. The van der Waals surface area contributed by atoms with Gasteiger partial charge in [-0.3, -0.25) is 0 Å². The van der Waals surface area contributed by atoms with Gasteiger partial charge >= 0.3 is 5.97 Å². The van der Waals surface area contributed by atoms with Gasteiger partial charge in [0.1, 0.15) is 0 Å². The van der Waals surface area contributed by atoms with Gasteiger partial charge in [0.25, 0.3) is 0 Å². The van der Waals surface area contributed by atoms with Crippen molar-refractivity contribution in [3.05, 3.63) is 12.2 Å². The van der Waals surface area contributed by atoms with Crippen LogP contribution >= 0.6 is 0 Å². The van der Waals surface area contributed by atoms with Crippen molar-refractivity contribution < 1.29 is 9.90 Å². The minimum Gasteiger partial charge on any atom is -0.478 e. The highest BCUT2D eigenvalue weighted by Crippen LogP contribution is 2.22. The maximum Gasteiger partial charge on any atom is 0.331 e. The first-order chi connectivity index (χ1) is 3.85. The van der Waals surface area contributed by atoms with Crippen LogP contribution in [0.4, 0.5) is 0 Å². The van der Waals surface area contributed by atoms with E-state index in [1.54, 1.807) is 0 Å². The Labute approximate surface area is 55.2 Å². The molecule has 0 aromatic carbocycles. The molecule has 0 spiro atoms. The molecule has 0 heterocycles. The number of carboxylic acids is 1. The van der Waals surface area contributed by atoms with Crippen LogP contribution in [0.3, 0.4) is 0 Å². The minimum absolute atomic E-state index is 0.252. The van der Waals surface area contributed by atoms with Gasteiger partial charge < -0.3 is 5.11 Å². The van der Waals surface area contributed by atoms with Gasteiger partial charge in [-0.15, -0.1) is 0 Å². The molecule has 0 unspecified atom stereocenters. The zero-order valence-corrected chi connectivity index (χ0v) is 6.06. The van der Waals surface area contributed by atoms with E-state index in [1.165, 1.54) is 0 Å². The van der Waals surface area contributed by atoms with Crippen molar-refractivity contribution in [1.29, 1.82) is 0 Å². The van der Waals surface area contributed by atoms with Crippen molar-refractivity contribution in [2.24, 2.45) is 5.41 Å². The SMILES string of the molecule is C=C(C(=O)O)C(C)(C)C. The van der Waals surface area contributed by atoms with Crippen molar-refractivity contribution in [2.75, 3.05) is 0 Å². The van der Waals surface area contributed by atoms with E-state index in [2.05, 4.69) is 6.58 Å². The lowest BCUT2D eigenvalue weighted by Gasteiger charge is -2.17. The second kappa shape index (κ2) is 2.21. The molecule has 0 radical (unpaired) electrons. The summed E-state index contributed by atoms with van der Waals surface area (Å²) in [6, 6.07) is 0. The summed E-state index contributed by atoms with van der Waals surface area (Å²) in [5.74, 6) is -0.914. The van der Waals surface area contributed by atoms with Crippen molar-refractivity contribution in [3.8, 4) is 0 Å². The highest BCUT2D eigenvalue weighted by molar-refractivity contribution is 5.87. The second-order valence-electron chi connectivity index (χ2n) is 3.03. The van der Waals surface area contributed by atoms with E-state index in [0.717, 1.165) is 0 Å². The van der Waals surface area contributed by atoms with Crippen LogP contribution in [0.1, 0.15) is 20.8 Å². The molecule has 2 heteroatoms. The normalized spacial score (nSPS) is 11.0. The zero-order valence-electron chi connectivity index (χ0n) is 6.06. The molecule has 1 N–H and O–H groups in total. The maximum absolute atomic E-state index is 10.2. The topological polar surface area (TPSA) is 37.3 Å². The van der Waals surface area contributed by atoms with Crippen LogP contribution in [0.5, 0.6) is 0 Å². The minimum atomic E-state index is -0.914. The van der Waals surface area contributed by atoms with Gasteiger partial charge in [0.2, 0.25) is 0 Å². The Morgan fingerprint density at radius 1 is 1.44 bits per heavy atom. The molecule has 0 atom stereocenters. The average Bonchev–Trinajstić information content (AvgIpc) is 1.62. The van der Waals surface area contributed by atoms with E-state index in [4.69, 9.17) is 5.11 Å². The van der Waals surface area contributed by atoms with Gasteiger partial charge in [-0.1, -0.05) is 27.4 Å². The Balaban J connectivity index is 4.23. The molecule has 0 aliphatic rings. The molecule has 0 saturated carbocycles. The zero-order chi connectivity index (χ0) is 7.65. The standard InChI is InChI=1S/C7H12O2/c1-5(6(8)9)7(2,3)4/h1H2,2-4H3,(H,8,9). The molecule has 0 saturated heterocycles. The predicted octanol–water partition coefficient (Wildman–Crippen LogP) is 1.67. The molecule has 0 aromatic rings. The summed E-state index contributed by atoms with van der Waals surface area (Å²) >= 11 is 0. The lowest BCUT2D eigenvalue weighted by atomic mass is 9.88. The highest BCUT2D eigenvalue weighted by Gasteiger charge is 2.20. The first-order valence-corrected chi connectivity index (χ1v) is 2.78. The first kappa shape index (κ1) is 8.21. The van der Waals surface area contributed by atoms with Gasteiger partial charge in [-0.25, -0.2) is 4.79 Å². The molecule has 0 aliphatic heterocycles. The molecule has 0 fully saturated rings. The third-order valence-corrected chi connectivity index (χ3v) is 1.16. The molecular formula is C7H12O2. The van der Waals surface area contributed by atoms with Gasteiger partial charge in [0.05, 0.1) is 0 Å². The Hall–Kier alpha value is -0.790. The van der Waals surface area contributed by atoms with Crippen LogP contribution in [0, 0.1) is 5.41 Å². The van der Waals surface area contributed by atoms with E-state index in [0.29, 0.717) is 0 Å². The highest BCUT2D eigenvalue weighted by atomic mass is 16.4. The largest absolute Gasteiger partial charge is 0.478 e. The smallest absolute Gasteiger partial charge is 0.331 e. The number of carboxylic acid groups (broad SMARTS) is 1. The molecule has 9 heavy (non-hydrogen) atoms. The number of hydrogen-bond acceptors (Lipinski definition) is 1. The number of carbonyl (C=O) groups is 1. The molecule has 0 amide bonds. The Morgan fingerprint density at radius 3 is 1.78 bits per heavy atom. The fraction of sp³-hybridized carbons (Fsp3) is 0.571. The van der Waals surface area contributed by atoms with E-state index < -0.39 is 5.97 Å². The lowest BCUT2D eigenvalue weighted by Crippen LogP contribution is -2.15. The van der Waals surface area contributed by atoms with Crippen LogP contribution in [-0.2, 0) is 4.79 Å². The van der Waals surface area contributed by atoms with Crippen molar-refractivity contribution >= 4 is 5.97 Å². The molecule has 2 nitrogen and oxygen atoms in total. The van der Waals surface area contributed by atoms with Gasteiger partial charge in [-0.05, 0) is 5.41 Å². The van der Waals surface area contributed by atoms with E-state index in [1.807, 2.05) is 20.8 Å². The lowest BCUT2D eigenvalue weighted by molar-refractivity contribution is -0.133. The average molecular weight is 128 g/mol. The maximum atomic E-state index is 10.2. The quantitative estimate of drug-likeness (QED) is 0.545. The molecule has 0 aliphatic carbocycles. The summed E-state index contributed by atoms with van der Waals surface area (Å²) in [7, 11) is 0. The van der Waals surface area contributed by atoms with Crippen molar-refractivity contribution in [1.82, 2.24) is 0 Å². The molecular weight excluding hydrogens is 116 g/mol. The number of hydrogen-bond donors (Lipinski definition) is 1. The van der Waals surface area contributed by atoms with E-state index >= 15 is 0 Å². The number of aliphatic carboxylic acids is 1. The van der Waals surface area contributed by atoms with Gasteiger partial charge in [0.15, 0.2) is 0 Å². The van der Waals surface area contributed by atoms with E-state index in [-0.39, 0.29) is 11.0 Å². The summed E-state index contributed by atoms with van der Waals surface area (Å²) in [6.07, 6.45) is 0. The third kappa shape index (κ3) is 2.31. The summed E-state index contributed by atoms with van der Waals surface area (Å²) < 4.78 is 0. The van der Waals surface area contributed by atoms with Gasteiger partial charge in [-0.2, -0.15) is 0 Å². The van der Waals surface area contributed by atoms with Crippen LogP contribution in [0.2, 0.25) is 0 Å². The Bertz CT molecular complexity index is 139. The van der Waals surface area contributed by atoms with Crippen LogP contribution in [0.15, 0.2) is 12.2 Å². The summed E-state index contributed by atoms with van der Waals surface area (Å²) in [5.41, 5.74) is -0.0613. The monoisotopic (exact) mass is 128 g/mol. The molecule has 0 rings (SSSR count). The second-order valence-corrected chi connectivity index (χ2v) is 3.03. The predicted molar refractivity (Wildman–Crippen MR) is 36.2 cm³/mol. The first-order valence-electron chi connectivity index (χ1n) is 2.78. The van der Waals surface area contributed by atoms with Crippen molar-refractivity contribution in [2.45, 2.75) is 20.8 Å². The molecule has 0 bridgehead atoms. The van der Waals surface area contributed by atoms with Crippen LogP contribution < -0.4 is 0 Å². The summed E-state index contributed by atoms with van der Waals surface area (Å²) in [4.78, 5) is 10.2. The molecule has 0 aromatic heterocycles. The van der Waals surface area contributed by atoms with Gasteiger partial charge in [0, 0.05) is 5.57 Å². The van der Waals surface area contributed by atoms with Crippen molar-refractivity contribution in [3.63, 3.8) is 0 Å². The molecule has 52 valence electrons. The Kier molecular flexibility index (Phi) is 2.02. The van der Waals surface area contributed by atoms with Crippen LogP contribution in [0.25, 0.3) is 0 Å². The fourth-order valence-corrected chi connectivity index (χ4v) is 0.321.